The van der Waals surface area contributed by atoms with Crippen molar-refractivity contribution in [3.05, 3.63) is 47.3 Å². The fourth-order valence-electron chi connectivity index (χ4n) is 1.68. The third-order valence-corrected chi connectivity index (χ3v) is 4.00. The molecule has 0 aliphatic heterocycles. The molecule has 2 rings (SSSR count). The summed E-state index contributed by atoms with van der Waals surface area (Å²) in [7, 11) is -1.84. The van der Waals surface area contributed by atoms with Gasteiger partial charge >= 0.3 is 0 Å². The largest absolute Gasteiger partial charge is 0.276 e. The molecule has 0 saturated heterocycles. The van der Waals surface area contributed by atoms with Crippen molar-refractivity contribution in [2.75, 3.05) is 0 Å². The summed E-state index contributed by atoms with van der Waals surface area (Å²) in [6.07, 6.45) is 3.20. The number of benzene rings is 1. The Hall–Kier alpha value is -2.15. The standard InChI is InChI=1S/C13H16N4O2S/c1-10-4-6-13(7-5-10)20(18,19)16-14-8-12-9-17(3)15-11(12)2/h4-9,16H,1-3H3/b14-8-. The van der Waals surface area contributed by atoms with Gasteiger partial charge in [-0.3, -0.25) is 4.68 Å². The van der Waals surface area contributed by atoms with Gasteiger partial charge in [-0.15, -0.1) is 0 Å². The van der Waals surface area contributed by atoms with Gasteiger partial charge in [-0.2, -0.15) is 18.6 Å². The number of hydrogen-bond acceptors (Lipinski definition) is 4. The molecular weight excluding hydrogens is 276 g/mol. The Labute approximate surface area is 118 Å². The van der Waals surface area contributed by atoms with Crippen LogP contribution in [0.3, 0.4) is 0 Å². The Morgan fingerprint density at radius 1 is 1.25 bits per heavy atom. The smallest absolute Gasteiger partial charge is 0.275 e. The van der Waals surface area contributed by atoms with Crippen LogP contribution in [-0.2, 0) is 17.1 Å². The minimum Gasteiger partial charge on any atom is -0.275 e. The molecule has 0 unspecified atom stereocenters. The van der Waals surface area contributed by atoms with Gasteiger partial charge in [-0.1, -0.05) is 17.7 Å². The molecular formula is C13H16N4O2S. The monoisotopic (exact) mass is 292 g/mol. The fraction of sp³-hybridized carbons (Fsp3) is 0.231. The van der Waals surface area contributed by atoms with Gasteiger partial charge in [0.1, 0.15) is 0 Å². The summed E-state index contributed by atoms with van der Waals surface area (Å²) in [6.45, 7) is 3.73. The van der Waals surface area contributed by atoms with Gasteiger partial charge in [0.2, 0.25) is 0 Å². The zero-order chi connectivity index (χ0) is 14.8. The molecule has 0 aliphatic rings. The lowest BCUT2D eigenvalue weighted by atomic mass is 10.2. The highest BCUT2D eigenvalue weighted by molar-refractivity contribution is 7.89. The highest BCUT2D eigenvalue weighted by Crippen LogP contribution is 2.09. The first-order chi connectivity index (χ1) is 9.38. The number of hydrazone groups is 1. The number of aromatic nitrogens is 2. The van der Waals surface area contributed by atoms with Crippen LogP contribution in [0.1, 0.15) is 16.8 Å². The molecule has 2 aromatic rings. The molecule has 0 aliphatic carbocycles. The Morgan fingerprint density at radius 2 is 1.90 bits per heavy atom. The predicted octanol–water partition coefficient (Wildman–Crippen LogP) is 1.35. The SMILES string of the molecule is Cc1ccc(S(=O)(=O)N/N=C\c2cn(C)nc2C)cc1. The molecule has 1 aromatic carbocycles. The van der Waals surface area contributed by atoms with Gasteiger partial charge in [0, 0.05) is 18.8 Å². The third-order valence-electron chi connectivity index (χ3n) is 2.76. The van der Waals surface area contributed by atoms with Crippen LogP contribution < -0.4 is 4.83 Å². The minimum atomic E-state index is -3.63. The summed E-state index contributed by atoms with van der Waals surface area (Å²) in [6, 6.07) is 6.57. The summed E-state index contributed by atoms with van der Waals surface area (Å²) in [5, 5.41) is 7.91. The van der Waals surface area contributed by atoms with E-state index in [0.717, 1.165) is 16.8 Å². The number of sulfonamides is 1. The summed E-state index contributed by atoms with van der Waals surface area (Å²) < 4.78 is 25.6. The summed E-state index contributed by atoms with van der Waals surface area (Å²) in [4.78, 5) is 2.37. The summed E-state index contributed by atoms with van der Waals surface area (Å²) in [5.74, 6) is 0. The maximum Gasteiger partial charge on any atom is 0.276 e. The van der Waals surface area contributed by atoms with Gasteiger partial charge in [-0.05, 0) is 26.0 Å². The van der Waals surface area contributed by atoms with Crippen molar-refractivity contribution < 1.29 is 8.42 Å². The maximum absolute atomic E-state index is 12.0. The molecule has 20 heavy (non-hydrogen) atoms. The second-order valence-corrected chi connectivity index (χ2v) is 6.17. The number of nitrogens with one attached hydrogen (secondary N) is 1. The molecule has 7 heteroatoms. The number of rotatable bonds is 4. The molecule has 0 atom stereocenters. The Morgan fingerprint density at radius 3 is 2.45 bits per heavy atom. The average Bonchev–Trinajstić information content (AvgIpc) is 2.68. The average molecular weight is 292 g/mol. The lowest BCUT2D eigenvalue weighted by Crippen LogP contribution is -2.18. The van der Waals surface area contributed by atoms with Crippen molar-refractivity contribution in [1.82, 2.24) is 14.6 Å². The Balaban J connectivity index is 2.13. The van der Waals surface area contributed by atoms with Crippen LogP contribution in [0.4, 0.5) is 0 Å². The van der Waals surface area contributed by atoms with Crippen LogP contribution in [0.15, 0.2) is 40.5 Å². The minimum absolute atomic E-state index is 0.183. The van der Waals surface area contributed by atoms with Gasteiger partial charge < -0.3 is 0 Å². The van der Waals surface area contributed by atoms with Crippen molar-refractivity contribution in [3.8, 4) is 0 Å². The number of nitrogens with zero attached hydrogens (tertiary/aromatic N) is 3. The van der Waals surface area contributed by atoms with Crippen LogP contribution in [0.25, 0.3) is 0 Å². The van der Waals surface area contributed by atoms with Gasteiger partial charge in [0.15, 0.2) is 0 Å². The van der Waals surface area contributed by atoms with Gasteiger partial charge in [0.05, 0.1) is 16.8 Å². The first-order valence-electron chi connectivity index (χ1n) is 6.00. The van der Waals surface area contributed by atoms with Crippen LogP contribution in [0.2, 0.25) is 0 Å². The Bertz CT molecular complexity index is 730. The molecule has 1 N–H and O–H groups in total. The van der Waals surface area contributed by atoms with E-state index in [-0.39, 0.29) is 4.90 Å². The van der Waals surface area contributed by atoms with E-state index in [9.17, 15) is 8.42 Å². The summed E-state index contributed by atoms with van der Waals surface area (Å²) >= 11 is 0. The molecule has 0 saturated carbocycles. The van der Waals surface area contributed by atoms with Crippen molar-refractivity contribution in [3.63, 3.8) is 0 Å². The second kappa shape index (κ2) is 5.46. The molecule has 0 spiro atoms. The van der Waals surface area contributed by atoms with E-state index in [1.165, 1.54) is 6.21 Å². The predicted molar refractivity (Wildman–Crippen MR) is 77.0 cm³/mol. The topological polar surface area (TPSA) is 76.3 Å². The van der Waals surface area contributed by atoms with E-state index in [1.807, 2.05) is 13.8 Å². The highest BCUT2D eigenvalue weighted by Gasteiger charge is 2.11. The highest BCUT2D eigenvalue weighted by atomic mass is 32.2. The molecule has 0 radical (unpaired) electrons. The number of aryl methyl sites for hydroxylation is 3. The zero-order valence-electron chi connectivity index (χ0n) is 11.5. The molecule has 6 nitrogen and oxygen atoms in total. The lowest BCUT2D eigenvalue weighted by Gasteiger charge is -2.03. The lowest BCUT2D eigenvalue weighted by molar-refractivity contribution is 0.584. The Kier molecular flexibility index (Phi) is 3.89. The fourth-order valence-corrected chi connectivity index (χ4v) is 2.47. The van der Waals surface area contributed by atoms with Crippen molar-refractivity contribution >= 4 is 16.2 Å². The van der Waals surface area contributed by atoms with Crippen molar-refractivity contribution in [1.29, 1.82) is 0 Å². The van der Waals surface area contributed by atoms with E-state index in [1.54, 1.807) is 42.2 Å². The zero-order valence-corrected chi connectivity index (χ0v) is 12.3. The molecule has 0 bridgehead atoms. The molecule has 1 aromatic heterocycles. The second-order valence-electron chi connectivity index (χ2n) is 4.51. The number of hydrogen-bond donors (Lipinski definition) is 1. The maximum atomic E-state index is 12.0. The normalized spacial score (nSPS) is 11.9. The molecule has 0 amide bonds. The third kappa shape index (κ3) is 3.24. The van der Waals surface area contributed by atoms with Gasteiger partial charge in [-0.25, -0.2) is 4.83 Å². The van der Waals surface area contributed by atoms with Crippen LogP contribution in [0, 0.1) is 13.8 Å². The van der Waals surface area contributed by atoms with Crippen LogP contribution in [0.5, 0.6) is 0 Å². The van der Waals surface area contributed by atoms with E-state index in [0.29, 0.717) is 0 Å². The van der Waals surface area contributed by atoms with Crippen LogP contribution in [-0.4, -0.2) is 24.4 Å². The van der Waals surface area contributed by atoms with E-state index >= 15 is 0 Å². The van der Waals surface area contributed by atoms with E-state index in [2.05, 4.69) is 15.0 Å². The first-order valence-corrected chi connectivity index (χ1v) is 7.48. The molecule has 0 fully saturated rings. The molecule has 106 valence electrons. The molecule has 1 heterocycles. The van der Waals surface area contributed by atoms with Gasteiger partial charge in [0.25, 0.3) is 10.0 Å². The van der Waals surface area contributed by atoms with Crippen molar-refractivity contribution in [2.45, 2.75) is 18.7 Å². The quantitative estimate of drug-likeness (QED) is 0.682. The van der Waals surface area contributed by atoms with E-state index in [4.69, 9.17) is 0 Å². The summed E-state index contributed by atoms with van der Waals surface area (Å²) in [5.41, 5.74) is 2.54. The first kappa shape index (κ1) is 14.3. The van der Waals surface area contributed by atoms with Crippen LogP contribution >= 0.6 is 0 Å². The van der Waals surface area contributed by atoms with Crippen molar-refractivity contribution in [2.24, 2.45) is 12.1 Å². The van der Waals surface area contributed by atoms with E-state index < -0.39 is 10.0 Å².